The van der Waals surface area contributed by atoms with Crippen LogP contribution in [0.2, 0.25) is 0 Å². The minimum Gasteiger partial charge on any atom is -0.368 e. The van der Waals surface area contributed by atoms with E-state index in [1.807, 2.05) is 12.1 Å². The number of nitro groups is 1. The van der Waals surface area contributed by atoms with Gasteiger partial charge in [-0.15, -0.1) is 0 Å². The number of pyridine rings is 1. The highest BCUT2D eigenvalue weighted by atomic mass is 16.6. The van der Waals surface area contributed by atoms with Crippen molar-refractivity contribution in [1.29, 1.82) is 0 Å². The van der Waals surface area contributed by atoms with Crippen molar-refractivity contribution in [1.82, 2.24) is 14.8 Å². The molecule has 1 aliphatic heterocycles. The van der Waals surface area contributed by atoms with Gasteiger partial charge in [0.05, 0.1) is 10.4 Å². The predicted octanol–water partition coefficient (Wildman–Crippen LogP) is 2.58. The number of piperazine rings is 1. The molecule has 7 heteroatoms. The molecule has 25 heavy (non-hydrogen) atoms. The third kappa shape index (κ3) is 4.24. The lowest BCUT2D eigenvalue weighted by molar-refractivity contribution is -0.384. The first-order chi connectivity index (χ1) is 12.1. The third-order valence-electron chi connectivity index (χ3n) is 4.94. The lowest BCUT2D eigenvalue weighted by atomic mass is 10.2. The van der Waals surface area contributed by atoms with Gasteiger partial charge in [-0.05, 0) is 31.7 Å². The average Bonchev–Trinajstić information content (AvgIpc) is 2.65. The molecular weight excluding hydrogens is 318 g/mol. The van der Waals surface area contributed by atoms with Crippen LogP contribution >= 0.6 is 0 Å². The predicted molar refractivity (Wildman–Crippen MR) is 100 cm³/mol. The van der Waals surface area contributed by atoms with Crippen molar-refractivity contribution >= 4 is 22.4 Å². The van der Waals surface area contributed by atoms with Gasteiger partial charge in [-0.25, -0.2) is 4.98 Å². The molecule has 0 aliphatic carbocycles. The van der Waals surface area contributed by atoms with Crippen LogP contribution in [-0.2, 0) is 0 Å². The highest BCUT2D eigenvalue weighted by molar-refractivity contribution is 5.82. The Morgan fingerprint density at radius 3 is 2.68 bits per heavy atom. The molecule has 0 radical (unpaired) electrons. The number of non-ortho nitro benzene ring substituents is 1. The van der Waals surface area contributed by atoms with Gasteiger partial charge >= 0.3 is 0 Å². The molecule has 3 rings (SSSR count). The summed E-state index contributed by atoms with van der Waals surface area (Å²) < 4.78 is 0. The van der Waals surface area contributed by atoms with Crippen LogP contribution in [0.3, 0.4) is 0 Å². The summed E-state index contributed by atoms with van der Waals surface area (Å²) in [5, 5.41) is 15.0. The highest BCUT2D eigenvalue weighted by Gasteiger charge is 2.20. The Bertz CT molecular complexity index is 743. The minimum absolute atomic E-state index is 0.0925. The zero-order valence-electron chi connectivity index (χ0n) is 14.8. The number of likely N-dealkylation sites (N-methyl/N-ethyl adjacent to an activating group) is 1. The fraction of sp³-hybridized carbons (Fsp3) is 0.500. The first-order valence-corrected chi connectivity index (χ1v) is 8.82. The Hall–Kier alpha value is -2.25. The van der Waals surface area contributed by atoms with Gasteiger partial charge in [-0.2, -0.15) is 0 Å². The van der Waals surface area contributed by atoms with Crippen LogP contribution in [0.1, 0.15) is 13.8 Å². The van der Waals surface area contributed by atoms with E-state index in [0.29, 0.717) is 6.04 Å². The summed E-state index contributed by atoms with van der Waals surface area (Å²) in [7, 11) is 0. The Balaban J connectivity index is 1.59. The van der Waals surface area contributed by atoms with Gasteiger partial charge in [0.1, 0.15) is 5.82 Å². The zero-order chi connectivity index (χ0) is 17.8. The molecule has 0 amide bonds. The number of nitro benzene ring substituents is 1. The fourth-order valence-electron chi connectivity index (χ4n) is 3.23. The van der Waals surface area contributed by atoms with Crippen molar-refractivity contribution in [2.75, 3.05) is 44.6 Å². The van der Waals surface area contributed by atoms with E-state index in [-0.39, 0.29) is 10.6 Å². The molecular formula is C18H25N5O2. The molecule has 1 saturated heterocycles. The monoisotopic (exact) mass is 343 g/mol. The van der Waals surface area contributed by atoms with E-state index in [1.165, 1.54) is 6.07 Å². The highest BCUT2D eigenvalue weighted by Crippen LogP contribution is 2.21. The normalized spacial score (nSPS) is 17.5. The topological polar surface area (TPSA) is 74.5 Å². The summed E-state index contributed by atoms with van der Waals surface area (Å²) in [6.07, 6.45) is 0. The lowest BCUT2D eigenvalue weighted by Crippen LogP contribution is -2.51. The standard InChI is InChI=1S/C18H25N5O2/c1-3-21-8-10-22(11-9-21)14(2)13-19-18-7-4-15-12-16(23(24)25)5-6-17(15)20-18/h4-7,12,14H,3,8-11,13H2,1-2H3,(H,19,20)/t14-/m1/s1. The molecule has 0 saturated carbocycles. The maximum atomic E-state index is 10.8. The summed E-state index contributed by atoms with van der Waals surface area (Å²) in [6.45, 7) is 10.9. The van der Waals surface area contributed by atoms with E-state index in [2.05, 4.69) is 33.9 Å². The largest absolute Gasteiger partial charge is 0.368 e. The number of nitrogens with zero attached hydrogens (tertiary/aromatic N) is 4. The number of anilines is 1. The van der Waals surface area contributed by atoms with E-state index >= 15 is 0 Å². The maximum Gasteiger partial charge on any atom is 0.270 e. The quantitative estimate of drug-likeness (QED) is 0.642. The van der Waals surface area contributed by atoms with Gasteiger partial charge in [0.2, 0.25) is 0 Å². The second-order valence-corrected chi connectivity index (χ2v) is 6.53. The van der Waals surface area contributed by atoms with Gasteiger partial charge in [0.15, 0.2) is 0 Å². The van der Waals surface area contributed by atoms with Crippen LogP contribution in [0, 0.1) is 10.1 Å². The first kappa shape index (κ1) is 17.6. The zero-order valence-corrected chi connectivity index (χ0v) is 14.8. The number of nitrogens with one attached hydrogen (secondary N) is 1. The van der Waals surface area contributed by atoms with Gasteiger partial charge in [-0.1, -0.05) is 6.92 Å². The van der Waals surface area contributed by atoms with Crippen molar-refractivity contribution in [3.05, 3.63) is 40.4 Å². The van der Waals surface area contributed by atoms with Gasteiger partial charge in [-0.3, -0.25) is 15.0 Å². The Kier molecular flexibility index (Phi) is 5.45. The van der Waals surface area contributed by atoms with Crippen LogP contribution in [0.25, 0.3) is 10.9 Å². The van der Waals surface area contributed by atoms with Gasteiger partial charge < -0.3 is 10.2 Å². The van der Waals surface area contributed by atoms with E-state index in [9.17, 15) is 10.1 Å². The molecule has 0 bridgehead atoms. The van der Waals surface area contributed by atoms with Crippen molar-refractivity contribution in [2.24, 2.45) is 0 Å². The van der Waals surface area contributed by atoms with Crippen molar-refractivity contribution in [3.8, 4) is 0 Å². The van der Waals surface area contributed by atoms with Crippen LogP contribution in [0.4, 0.5) is 11.5 Å². The second-order valence-electron chi connectivity index (χ2n) is 6.53. The number of fused-ring (bicyclic) bond motifs is 1. The first-order valence-electron chi connectivity index (χ1n) is 8.82. The molecule has 0 spiro atoms. The van der Waals surface area contributed by atoms with Crippen molar-refractivity contribution in [2.45, 2.75) is 19.9 Å². The molecule has 1 aliphatic rings. The van der Waals surface area contributed by atoms with Crippen LogP contribution in [0.5, 0.6) is 0 Å². The summed E-state index contributed by atoms with van der Waals surface area (Å²) in [4.78, 5) is 20.0. The van der Waals surface area contributed by atoms with Crippen molar-refractivity contribution < 1.29 is 4.92 Å². The van der Waals surface area contributed by atoms with E-state index in [0.717, 1.165) is 56.0 Å². The molecule has 0 unspecified atom stereocenters. The van der Waals surface area contributed by atoms with Crippen molar-refractivity contribution in [3.63, 3.8) is 0 Å². The van der Waals surface area contributed by atoms with Gasteiger partial charge in [0.25, 0.3) is 5.69 Å². The molecule has 1 aromatic carbocycles. The lowest BCUT2D eigenvalue weighted by Gasteiger charge is -2.37. The Labute approximate surface area is 147 Å². The summed E-state index contributed by atoms with van der Waals surface area (Å²) in [5.74, 6) is 0.806. The fourth-order valence-corrected chi connectivity index (χ4v) is 3.23. The molecule has 2 heterocycles. The van der Waals surface area contributed by atoms with Gasteiger partial charge in [0, 0.05) is 56.3 Å². The van der Waals surface area contributed by atoms with Crippen LogP contribution < -0.4 is 5.32 Å². The number of hydrogen-bond donors (Lipinski definition) is 1. The maximum absolute atomic E-state index is 10.8. The summed E-state index contributed by atoms with van der Waals surface area (Å²) >= 11 is 0. The molecule has 1 fully saturated rings. The number of hydrogen-bond acceptors (Lipinski definition) is 6. The molecule has 2 aromatic rings. The Morgan fingerprint density at radius 2 is 2.00 bits per heavy atom. The number of aromatic nitrogens is 1. The van der Waals surface area contributed by atoms with Crippen LogP contribution in [-0.4, -0.2) is 65.0 Å². The minimum atomic E-state index is -0.383. The SMILES string of the molecule is CCN1CCN([C@H](C)CNc2ccc3cc([N+](=O)[O-])ccc3n2)CC1. The van der Waals surface area contributed by atoms with E-state index in [1.54, 1.807) is 12.1 Å². The van der Waals surface area contributed by atoms with E-state index in [4.69, 9.17) is 0 Å². The smallest absolute Gasteiger partial charge is 0.270 e. The molecule has 1 N–H and O–H groups in total. The third-order valence-corrected chi connectivity index (χ3v) is 4.94. The van der Waals surface area contributed by atoms with Crippen LogP contribution in [0.15, 0.2) is 30.3 Å². The summed E-state index contributed by atoms with van der Waals surface area (Å²) in [6, 6.07) is 8.95. The van der Waals surface area contributed by atoms with E-state index < -0.39 is 0 Å². The second kappa shape index (κ2) is 7.76. The molecule has 134 valence electrons. The number of rotatable bonds is 6. The molecule has 7 nitrogen and oxygen atoms in total. The summed E-state index contributed by atoms with van der Waals surface area (Å²) in [5.41, 5.74) is 0.856. The Morgan fingerprint density at radius 1 is 1.24 bits per heavy atom. The molecule has 1 atom stereocenters. The molecule has 1 aromatic heterocycles. The average molecular weight is 343 g/mol. The number of benzene rings is 1.